The molecule has 5 rings (SSSR count). The van der Waals surface area contributed by atoms with Crippen LogP contribution in [0.25, 0.3) is 0 Å². The second-order valence-electron chi connectivity index (χ2n) is 11.3. The van der Waals surface area contributed by atoms with Crippen molar-refractivity contribution in [3.05, 3.63) is 71.8 Å². The minimum absolute atomic E-state index is 0.0197. The predicted molar refractivity (Wildman–Crippen MR) is 151 cm³/mol. The Morgan fingerprint density at radius 2 is 1.50 bits per heavy atom. The van der Waals surface area contributed by atoms with Gasteiger partial charge in [0.25, 0.3) is 0 Å². The molecule has 220 valence electrons. The lowest BCUT2D eigenvalue weighted by Gasteiger charge is -2.48. The third-order valence-electron chi connectivity index (χ3n) is 8.96. The van der Waals surface area contributed by atoms with Gasteiger partial charge < -0.3 is 18.9 Å². The summed E-state index contributed by atoms with van der Waals surface area (Å²) in [5.41, 5.74) is -0.670. The third-order valence-corrected chi connectivity index (χ3v) is 9.41. The van der Waals surface area contributed by atoms with Crippen molar-refractivity contribution in [3.8, 4) is 0 Å². The number of aliphatic hydroxyl groups is 1. The zero-order chi connectivity index (χ0) is 28.6. The van der Waals surface area contributed by atoms with Crippen molar-refractivity contribution >= 4 is 16.4 Å². The second-order valence-corrected chi connectivity index (χ2v) is 12.4. The highest BCUT2D eigenvalue weighted by molar-refractivity contribution is 7.80. The number of rotatable bonds is 10. The van der Waals surface area contributed by atoms with Crippen molar-refractivity contribution in [2.75, 3.05) is 19.7 Å². The number of carbonyl (C=O) groups is 1. The standard InChI is InChI=1S/C25H30NO3.C6H14O4S/c27-24(25(28,19-9-3-1-4-10-19)20-11-5-2-6-12-20)29-23-16-14-21-13-15-22(23)26(21)17-7-8-18-26;1-2-3-4-5-6-10-11(7,8)9/h1-6,9-12,21-23,28H,7-8,13-18H2;2-6H2,1H3,(H,7,8,9)/q+1;/p-1. The minimum Gasteiger partial charge on any atom is -0.726 e. The summed E-state index contributed by atoms with van der Waals surface area (Å²) in [5, 5.41) is 11.7. The van der Waals surface area contributed by atoms with E-state index in [4.69, 9.17) is 4.74 Å². The number of hydrogen-bond donors (Lipinski definition) is 1. The highest BCUT2D eigenvalue weighted by Crippen LogP contribution is 2.47. The summed E-state index contributed by atoms with van der Waals surface area (Å²) < 4.78 is 41.0. The van der Waals surface area contributed by atoms with Crippen LogP contribution in [0.1, 0.15) is 82.3 Å². The summed E-state index contributed by atoms with van der Waals surface area (Å²) in [6.07, 6.45) is 10.6. The first-order valence-electron chi connectivity index (χ1n) is 14.7. The molecule has 0 aliphatic carbocycles. The van der Waals surface area contributed by atoms with Crippen LogP contribution in [0, 0.1) is 0 Å². The summed E-state index contributed by atoms with van der Waals surface area (Å²) in [7, 11) is -4.46. The van der Waals surface area contributed by atoms with Gasteiger partial charge in [0, 0.05) is 32.1 Å². The van der Waals surface area contributed by atoms with Crippen LogP contribution in [-0.2, 0) is 29.7 Å². The number of quaternary nitrogens is 1. The number of esters is 1. The minimum atomic E-state index is -4.46. The van der Waals surface area contributed by atoms with Gasteiger partial charge in [-0.15, -0.1) is 0 Å². The van der Waals surface area contributed by atoms with Crippen molar-refractivity contribution < 1.29 is 36.3 Å². The van der Waals surface area contributed by atoms with Crippen LogP contribution < -0.4 is 0 Å². The number of piperidine rings is 1. The van der Waals surface area contributed by atoms with Gasteiger partial charge in [-0.3, -0.25) is 4.18 Å². The Balaban J connectivity index is 0.000000288. The van der Waals surface area contributed by atoms with E-state index < -0.39 is 22.0 Å². The second kappa shape index (κ2) is 13.6. The third kappa shape index (κ3) is 6.94. The van der Waals surface area contributed by atoms with Gasteiger partial charge in [0.05, 0.1) is 25.7 Å². The molecular formula is C31H43NO7S. The average molecular weight is 574 g/mol. The van der Waals surface area contributed by atoms with E-state index in [-0.39, 0.29) is 12.7 Å². The van der Waals surface area contributed by atoms with Crippen LogP contribution in [0.15, 0.2) is 60.7 Å². The quantitative estimate of drug-likeness (QED) is 0.143. The first-order chi connectivity index (χ1) is 19.2. The van der Waals surface area contributed by atoms with Gasteiger partial charge in [0.1, 0.15) is 6.04 Å². The van der Waals surface area contributed by atoms with E-state index in [0.717, 1.165) is 49.0 Å². The maximum atomic E-state index is 13.5. The molecule has 1 N–H and O–H groups in total. The smallest absolute Gasteiger partial charge is 0.348 e. The first kappa shape index (κ1) is 30.7. The lowest BCUT2D eigenvalue weighted by Crippen LogP contribution is -2.62. The lowest BCUT2D eigenvalue weighted by atomic mass is 9.86. The Morgan fingerprint density at radius 1 is 0.925 bits per heavy atom. The molecule has 2 bridgehead atoms. The van der Waals surface area contributed by atoms with Crippen LogP contribution in [-0.4, -0.2) is 66.4 Å². The SMILES string of the molecule is CCCCCCOS(=O)(=O)[O-].O=C(OC1CCC2CCC1[N+]21CCCC1)C(O)(c1ccccc1)c1ccccc1. The fourth-order valence-corrected chi connectivity index (χ4v) is 7.37. The van der Waals surface area contributed by atoms with Crippen molar-refractivity contribution in [1.82, 2.24) is 0 Å². The van der Waals surface area contributed by atoms with E-state index >= 15 is 0 Å². The van der Waals surface area contributed by atoms with Gasteiger partial charge in [0.15, 0.2) is 6.10 Å². The molecule has 9 heteroatoms. The molecule has 3 unspecified atom stereocenters. The van der Waals surface area contributed by atoms with E-state index in [0.29, 0.717) is 23.6 Å². The normalized spacial score (nSPS) is 23.4. The lowest BCUT2D eigenvalue weighted by molar-refractivity contribution is -0.958. The van der Waals surface area contributed by atoms with Crippen molar-refractivity contribution in [3.63, 3.8) is 0 Å². The number of benzene rings is 2. The zero-order valence-electron chi connectivity index (χ0n) is 23.5. The molecule has 2 aromatic carbocycles. The number of carbonyl (C=O) groups excluding carboxylic acids is 1. The van der Waals surface area contributed by atoms with Crippen LogP contribution in [0.5, 0.6) is 0 Å². The molecule has 3 atom stereocenters. The maximum Gasteiger partial charge on any atom is 0.348 e. The van der Waals surface area contributed by atoms with Gasteiger partial charge >= 0.3 is 5.97 Å². The molecule has 0 amide bonds. The number of nitrogens with zero attached hydrogens (tertiary/aromatic N) is 1. The van der Waals surface area contributed by atoms with Crippen molar-refractivity contribution in [2.24, 2.45) is 0 Å². The molecule has 40 heavy (non-hydrogen) atoms. The van der Waals surface area contributed by atoms with E-state index in [2.05, 4.69) is 4.18 Å². The summed E-state index contributed by atoms with van der Waals surface area (Å²) in [4.78, 5) is 13.5. The summed E-state index contributed by atoms with van der Waals surface area (Å²) >= 11 is 0. The van der Waals surface area contributed by atoms with Gasteiger partial charge in [-0.05, 0) is 24.0 Å². The average Bonchev–Trinajstić information content (AvgIpc) is 3.51. The van der Waals surface area contributed by atoms with E-state index in [9.17, 15) is 22.9 Å². The molecule has 1 spiro atoms. The molecule has 3 saturated heterocycles. The molecule has 2 aromatic rings. The Morgan fingerprint density at radius 3 is 2.05 bits per heavy atom. The Kier molecular flexibility index (Phi) is 10.4. The highest BCUT2D eigenvalue weighted by atomic mass is 32.3. The number of unbranched alkanes of at least 4 members (excludes halogenated alkanes) is 3. The molecule has 3 fully saturated rings. The summed E-state index contributed by atoms with van der Waals surface area (Å²) in [5.74, 6) is -0.539. The van der Waals surface area contributed by atoms with E-state index in [1.807, 2.05) is 43.3 Å². The molecule has 0 radical (unpaired) electrons. The first-order valence-corrected chi connectivity index (χ1v) is 16.0. The highest BCUT2D eigenvalue weighted by Gasteiger charge is 2.58. The van der Waals surface area contributed by atoms with Gasteiger partial charge in [-0.25, -0.2) is 13.2 Å². The molecular weight excluding hydrogens is 530 g/mol. The van der Waals surface area contributed by atoms with Crippen LogP contribution in [0.2, 0.25) is 0 Å². The Bertz CT molecular complexity index is 1140. The van der Waals surface area contributed by atoms with Crippen molar-refractivity contribution in [1.29, 1.82) is 0 Å². The van der Waals surface area contributed by atoms with Crippen LogP contribution in [0.4, 0.5) is 0 Å². The Labute approximate surface area is 238 Å². The van der Waals surface area contributed by atoms with Crippen molar-refractivity contribution in [2.45, 2.75) is 94.9 Å². The largest absolute Gasteiger partial charge is 0.726 e. The molecule has 3 aliphatic rings. The maximum absolute atomic E-state index is 13.5. The number of hydrogen-bond acceptors (Lipinski definition) is 7. The molecule has 0 aromatic heterocycles. The predicted octanol–water partition coefficient (Wildman–Crippen LogP) is 4.81. The van der Waals surface area contributed by atoms with E-state index in [1.165, 1.54) is 32.4 Å². The van der Waals surface area contributed by atoms with Gasteiger partial charge in [0.2, 0.25) is 16.0 Å². The van der Waals surface area contributed by atoms with Crippen LogP contribution >= 0.6 is 0 Å². The van der Waals surface area contributed by atoms with E-state index in [1.54, 1.807) is 24.3 Å². The molecule has 0 saturated carbocycles. The fraction of sp³-hybridized carbons (Fsp3) is 0.581. The zero-order valence-corrected chi connectivity index (χ0v) is 24.3. The topological polar surface area (TPSA) is 113 Å². The Hall–Kier alpha value is -2.30. The number of ether oxygens (including phenoxy) is 1. The van der Waals surface area contributed by atoms with Gasteiger partial charge in [-0.2, -0.15) is 0 Å². The molecule has 8 nitrogen and oxygen atoms in total. The summed E-state index contributed by atoms with van der Waals surface area (Å²) in [6, 6.07) is 19.5. The monoisotopic (exact) mass is 573 g/mol. The molecule has 3 heterocycles. The fourth-order valence-electron chi connectivity index (χ4n) is 7.05. The molecule has 3 aliphatic heterocycles. The summed E-state index contributed by atoms with van der Waals surface area (Å²) in [6.45, 7) is 4.52. The van der Waals surface area contributed by atoms with Crippen LogP contribution in [0.3, 0.4) is 0 Å². The van der Waals surface area contributed by atoms with Gasteiger partial charge in [-0.1, -0.05) is 86.8 Å².